The summed E-state index contributed by atoms with van der Waals surface area (Å²) in [6.45, 7) is 7.69. The Hall–Kier alpha value is -0.0600. The lowest BCUT2D eigenvalue weighted by atomic mass is 10.2. The van der Waals surface area contributed by atoms with Crippen molar-refractivity contribution >= 4 is 23.1 Å². The van der Waals surface area contributed by atoms with Gasteiger partial charge >= 0.3 is 0 Å². The van der Waals surface area contributed by atoms with Crippen molar-refractivity contribution in [2.75, 3.05) is 12.3 Å². The molecule has 4 heteroatoms. The molecule has 0 aromatic carbocycles. The molecule has 0 fully saturated rings. The van der Waals surface area contributed by atoms with E-state index in [0.717, 1.165) is 13.0 Å². The predicted molar refractivity (Wildman–Crippen MR) is 70.9 cm³/mol. The number of aromatic nitrogens is 1. The number of rotatable bonds is 7. The second-order valence-corrected chi connectivity index (χ2v) is 6.36. The van der Waals surface area contributed by atoms with E-state index < -0.39 is 0 Å². The Morgan fingerprint density at radius 2 is 2.33 bits per heavy atom. The SMILES string of the molecule is CCNC(CSC(C)C)Cc1nccs1. The number of nitrogens with zero attached hydrogens (tertiary/aromatic N) is 1. The Balaban J connectivity index is 2.36. The third-order valence-electron chi connectivity index (χ3n) is 2.03. The maximum absolute atomic E-state index is 4.33. The van der Waals surface area contributed by atoms with E-state index in [1.807, 2.05) is 23.3 Å². The van der Waals surface area contributed by atoms with Gasteiger partial charge in [0.15, 0.2) is 0 Å². The molecule has 2 nitrogen and oxygen atoms in total. The first-order chi connectivity index (χ1) is 7.22. The van der Waals surface area contributed by atoms with Crippen molar-refractivity contribution in [1.29, 1.82) is 0 Å². The van der Waals surface area contributed by atoms with Gasteiger partial charge in [-0.05, 0) is 11.8 Å². The number of hydrogen-bond acceptors (Lipinski definition) is 4. The van der Waals surface area contributed by atoms with Crippen molar-refractivity contribution in [3.63, 3.8) is 0 Å². The van der Waals surface area contributed by atoms with Gasteiger partial charge in [-0.25, -0.2) is 4.98 Å². The molecule has 1 unspecified atom stereocenters. The Bertz CT molecular complexity index is 247. The highest BCUT2D eigenvalue weighted by molar-refractivity contribution is 7.99. The first-order valence-electron chi connectivity index (χ1n) is 5.45. The quantitative estimate of drug-likeness (QED) is 0.798. The normalized spacial score (nSPS) is 13.3. The highest BCUT2D eigenvalue weighted by atomic mass is 32.2. The van der Waals surface area contributed by atoms with Crippen molar-refractivity contribution in [3.05, 3.63) is 16.6 Å². The lowest BCUT2D eigenvalue weighted by Crippen LogP contribution is -2.33. The standard InChI is InChI=1S/C11H20N2S2/c1-4-12-10(8-15-9(2)3)7-11-13-5-6-14-11/h5-6,9-10,12H,4,7-8H2,1-3H3. The van der Waals surface area contributed by atoms with E-state index in [1.165, 1.54) is 10.8 Å². The number of likely N-dealkylation sites (N-methyl/N-ethyl adjacent to an activating group) is 1. The van der Waals surface area contributed by atoms with E-state index >= 15 is 0 Å². The average Bonchev–Trinajstić information content (AvgIpc) is 2.67. The first-order valence-corrected chi connectivity index (χ1v) is 7.38. The summed E-state index contributed by atoms with van der Waals surface area (Å²) in [5.41, 5.74) is 0. The highest BCUT2D eigenvalue weighted by Gasteiger charge is 2.10. The highest BCUT2D eigenvalue weighted by Crippen LogP contribution is 2.14. The average molecular weight is 244 g/mol. The van der Waals surface area contributed by atoms with Crippen LogP contribution in [0.15, 0.2) is 11.6 Å². The molecule has 1 rings (SSSR count). The molecule has 0 radical (unpaired) electrons. The maximum atomic E-state index is 4.33. The van der Waals surface area contributed by atoms with Crippen LogP contribution in [-0.4, -0.2) is 28.6 Å². The van der Waals surface area contributed by atoms with Gasteiger partial charge < -0.3 is 5.32 Å². The molecule has 1 heterocycles. The fourth-order valence-corrected chi connectivity index (χ4v) is 2.90. The summed E-state index contributed by atoms with van der Waals surface area (Å²) in [4.78, 5) is 4.33. The second kappa shape index (κ2) is 7.25. The zero-order valence-electron chi connectivity index (χ0n) is 9.69. The van der Waals surface area contributed by atoms with Gasteiger partial charge in [-0.15, -0.1) is 11.3 Å². The van der Waals surface area contributed by atoms with Gasteiger partial charge in [0.05, 0.1) is 5.01 Å². The first kappa shape index (κ1) is 13.0. The van der Waals surface area contributed by atoms with Gasteiger partial charge in [0.2, 0.25) is 0 Å². The minimum absolute atomic E-state index is 0.563. The second-order valence-electron chi connectivity index (χ2n) is 3.77. The van der Waals surface area contributed by atoms with Crippen LogP contribution in [0.25, 0.3) is 0 Å². The van der Waals surface area contributed by atoms with Crippen LogP contribution in [0, 0.1) is 0 Å². The molecule has 1 N–H and O–H groups in total. The predicted octanol–water partition coefficient (Wildman–Crippen LogP) is 2.81. The number of nitrogens with one attached hydrogen (secondary N) is 1. The topological polar surface area (TPSA) is 24.9 Å². The summed E-state index contributed by atoms with van der Waals surface area (Å²) < 4.78 is 0. The van der Waals surface area contributed by atoms with E-state index in [2.05, 4.69) is 31.1 Å². The van der Waals surface area contributed by atoms with Crippen molar-refractivity contribution in [2.45, 2.75) is 38.5 Å². The van der Waals surface area contributed by atoms with Crippen LogP contribution >= 0.6 is 23.1 Å². The molecule has 0 bridgehead atoms. The molecule has 86 valence electrons. The number of thiazole rings is 1. The van der Waals surface area contributed by atoms with Gasteiger partial charge in [-0.3, -0.25) is 0 Å². The molecular weight excluding hydrogens is 224 g/mol. The molecular formula is C11H20N2S2. The molecule has 0 saturated carbocycles. The van der Waals surface area contributed by atoms with Crippen molar-refractivity contribution in [2.24, 2.45) is 0 Å². The molecule has 0 aliphatic carbocycles. The fraction of sp³-hybridized carbons (Fsp3) is 0.727. The Labute approximate surface area is 101 Å². The smallest absolute Gasteiger partial charge is 0.0940 e. The summed E-state index contributed by atoms with van der Waals surface area (Å²) >= 11 is 3.77. The van der Waals surface area contributed by atoms with Crippen LogP contribution in [0.5, 0.6) is 0 Å². The Morgan fingerprint density at radius 3 is 2.87 bits per heavy atom. The zero-order valence-corrected chi connectivity index (χ0v) is 11.3. The van der Waals surface area contributed by atoms with Crippen LogP contribution in [0.1, 0.15) is 25.8 Å². The minimum Gasteiger partial charge on any atom is -0.313 e. The van der Waals surface area contributed by atoms with Crippen molar-refractivity contribution < 1.29 is 0 Å². The van der Waals surface area contributed by atoms with Gasteiger partial charge in [0.1, 0.15) is 0 Å². The molecule has 0 aliphatic rings. The minimum atomic E-state index is 0.563. The molecule has 0 aliphatic heterocycles. The summed E-state index contributed by atoms with van der Waals surface area (Å²) in [7, 11) is 0. The van der Waals surface area contributed by atoms with Crippen molar-refractivity contribution in [3.8, 4) is 0 Å². The Kier molecular flexibility index (Phi) is 6.29. The molecule has 0 saturated heterocycles. The lowest BCUT2D eigenvalue weighted by Gasteiger charge is -2.17. The molecule has 0 amide bonds. The van der Waals surface area contributed by atoms with E-state index in [0.29, 0.717) is 11.3 Å². The van der Waals surface area contributed by atoms with Crippen LogP contribution in [0.4, 0.5) is 0 Å². The largest absolute Gasteiger partial charge is 0.313 e. The van der Waals surface area contributed by atoms with E-state index in [4.69, 9.17) is 0 Å². The number of thioether (sulfide) groups is 1. The van der Waals surface area contributed by atoms with Gasteiger partial charge in [-0.2, -0.15) is 11.8 Å². The zero-order chi connectivity index (χ0) is 11.1. The summed E-state index contributed by atoms with van der Waals surface area (Å²) in [6, 6.07) is 0.563. The Morgan fingerprint density at radius 1 is 1.53 bits per heavy atom. The molecule has 1 aromatic heterocycles. The van der Waals surface area contributed by atoms with Crippen LogP contribution < -0.4 is 5.32 Å². The van der Waals surface area contributed by atoms with Crippen molar-refractivity contribution in [1.82, 2.24) is 10.3 Å². The third-order valence-corrected chi connectivity index (χ3v) is 4.09. The van der Waals surface area contributed by atoms with E-state index in [-0.39, 0.29) is 0 Å². The lowest BCUT2D eigenvalue weighted by molar-refractivity contribution is 0.571. The van der Waals surface area contributed by atoms with Gasteiger partial charge in [-0.1, -0.05) is 20.8 Å². The van der Waals surface area contributed by atoms with E-state index in [9.17, 15) is 0 Å². The van der Waals surface area contributed by atoms with Crippen LogP contribution in [0.3, 0.4) is 0 Å². The third kappa shape index (κ3) is 5.54. The maximum Gasteiger partial charge on any atom is 0.0940 e. The number of hydrogen-bond donors (Lipinski definition) is 1. The molecule has 15 heavy (non-hydrogen) atoms. The van der Waals surface area contributed by atoms with Crippen LogP contribution in [-0.2, 0) is 6.42 Å². The van der Waals surface area contributed by atoms with E-state index in [1.54, 1.807) is 11.3 Å². The fourth-order valence-electron chi connectivity index (χ4n) is 1.35. The molecule has 0 spiro atoms. The van der Waals surface area contributed by atoms with Crippen LogP contribution in [0.2, 0.25) is 0 Å². The van der Waals surface area contributed by atoms with Gasteiger partial charge in [0, 0.05) is 29.8 Å². The summed E-state index contributed by atoms with van der Waals surface area (Å²) in [5.74, 6) is 1.17. The summed E-state index contributed by atoms with van der Waals surface area (Å²) in [6.07, 6.45) is 2.95. The monoisotopic (exact) mass is 244 g/mol. The van der Waals surface area contributed by atoms with Gasteiger partial charge in [0.25, 0.3) is 0 Å². The molecule has 1 atom stereocenters. The summed E-state index contributed by atoms with van der Waals surface area (Å²) in [5, 5.41) is 7.52. The molecule has 1 aromatic rings.